The quantitative estimate of drug-likeness (QED) is 0.667. The lowest BCUT2D eigenvalue weighted by atomic mass is 10.0. The van der Waals surface area contributed by atoms with Gasteiger partial charge in [0.05, 0.1) is 11.6 Å². The van der Waals surface area contributed by atoms with Gasteiger partial charge in [-0.15, -0.1) is 0 Å². The standard InChI is InChI=1S/C23H23N3O2/c1-3-21(17-11-9-16(2)10-12-17)26-22(27)18-6-4-8-20(14-18)25-23(28)19-7-5-13-24-15-19/h4-15,21H,3H2,1-2H3,(H,25,28)(H,26,27)/t21-/m0/s1. The predicted molar refractivity (Wildman–Crippen MR) is 110 cm³/mol. The van der Waals surface area contributed by atoms with Crippen molar-refractivity contribution in [3.05, 3.63) is 95.3 Å². The van der Waals surface area contributed by atoms with Gasteiger partial charge in [-0.05, 0) is 49.2 Å². The van der Waals surface area contributed by atoms with Gasteiger partial charge in [-0.2, -0.15) is 0 Å². The molecule has 1 atom stereocenters. The lowest BCUT2D eigenvalue weighted by molar-refractivity contribution is 0.0934. The molecule has 28 heavy (non-hydrogen) atoms. The number of amides is 2. The van der Waals surface area contributed by atoms with Crippen LogP contribution in [0.2, 0.25) is 0 Å². The fraction of sp³-hybridized carbons (Fsp3) is 0.174. The number of anilines is 1. The Hall–Kier alpha value is -3.47. The second-order valence-corrected chi connectivity index (χ2v) is 6.62. The average Bonchev–Trinajstić information content (AvgIpc) is 2.73. The molecule has 142 valence electrons. The number of nitrogens with zero attached hydrogens (tertiary/aromatic N) is 1. The maximum atomic E-state index is 12.7. The predicted octanol–water partition coefficient (Wildman–Crippen LogP) is 4.52. The highest BCUT2D eigenvalue weighted by Crippen LogP contribution is 2.19. The molecule has 2 amide bonds. The van der Waals surface area contributed by atoms with Crippen LogP contribution in [-0.4, -0.2) is 16.8 Å². The van der Waals surface area contributed by atoms with E-state index >= 15 is 0 Å². The van der Waals surface area contributed by atoms with Gasteiger partial charge in [0.15, 0.2) is 0 Å². The molecule has 0 aliphatic rings. The number of aromatic nitrogens is 1. The number of aryl methyl sites for hydroxylation is 1. The molecule has 0 aliphatic carbocycles. The first-order valence-corrected chi connectivity index (χ1v) is 9.25. The molecule has 0 radical (unpaired) electrons. The second kappa shape index (κ2) is 8.95. The van der Waals surface area contributed by atoms with Crippen LogP contribution in [0, 0.1) is 6.92 Å². The summed E-state index contributed by atoms with van der Waals surface area (Å²) in [7, 11) is 0. The van der Waals surface area contributed by atoms with Gasteiger partial charge in [-0.3, -0.25) is 14.6 Å². The van der Waals surface area contributed by atoms with Crippen LogP contribution in [0.5, 0.6) is 0 Å². The molecule has 3 aromatic rings. The number of benzene rings is 2. The van der Waals surface area contributed by atoms with E-state index in [1.165, 1.54) is 11.8 Å². The molecule has 0 fully saturated rings. The van der Waals surface area contributed by atoms with Crippen molar-refractivity contribution in [2.75, 3.05) is 5.32 Å². The summed E-state index contributed by atoms with van der Waals surface area (Å²) in [5, 5.41) is 5.87. The molecule has 0 unspecified atom stereocenters. The summed E-state index contributed by atoms with van der Waals surface area (Å²) >= 11 is 0. The van der Waals surface area contributed by atoms with Crippen LogP contribution >= 0.6 is 0 Å². The van der Waals surface area contributed by atoms with E-state index in [0.717, 1.165) is 12.0 Å². The van der Waals surface area contributed by atoms with E-state index in [1.807, 2.05) is 38.1 Å². The van der Waals surface area contributed by atoms with Gasteiger partial charge in [0.1, 0.15) is 0 Å². The van der Waals surface area contributed by atoms with Gasteiger partial charge >= 0.3 is 0 Å². The van der Waals surface area contributed by atoms with E-state index in [1.54, 1.807) is 42.6 Å². The topological polar surface area (TPSA) is 71.1 Å². The zero-order valence-corrected chi connectivity index (χ0v) is 16.0. The Balaban J connectivity index is 1.71. The fourth-order valence-corrected chi connectivity index (χ4v) is 2.90. The van der Waals surface area contributed by atoms with E-state index in [2.05, 4.69) is 15.6 Å². The summed E-state index contributed by atoms with van der Waals surface area (Å²) < 4.78 is 0. The van der Waals surface area contributed by atoms with Crippen molar-refractivity contribution >= 4 is 17.5 Å². The molecular weight excluding hydrogens is 350 g/mol. The second-order valence-electron chi connectivity index (χ2n) is 6.62. The molecule has 0 aliphatic heterocycles. The summed E-state index contributed by atoms with van der Waals surface area (Å²) in [5.41, 5.74) is 3.77. The fourth-order valence-electron chi connectivity index (χ4n) is 2.90. The molecule has 1 heterocycles. The number of rotatable bonds is 6. The first-order valence-electron chi connectivity index (χ1n) is 9.25. The SMILES string of the molecule is CC[C@H](NC(=O)c1cccc(NC(=O)c2cccnc2)c1)c1ccc(C)cc1. The minimum Gasteiger partial charge on any atom is -0.345 e. The number of pyridine rings is 1. The molecule has 3 rings (SSSR count). The Morgan fingerprint density at radius 2 is 1.71 bits per heavy atom. The van der Waals surface area contributed by atoms with E-state index in [4.69, 9.17) is 0 Å². The van der Waals surface area contributed by atoms with Crippen LogP contribution < -0.4 is 10.6 Å². The lowest BCUT2D eigenvalue weighted by Gasteiger charge is -2.18. The van der Waals surface area contributed by atoms with Gasteiger partial charge in [0.25, 0.3) is 11.8 Å². The van der Waals surface area contributed by atoms with Crippen molar-refractivity contribution in [1.82, 2.24) is 10.3 Å². The van der Waals surface area contributed by atoms with Crippen molar-refractivity contribution in [1.29, 1.82) is 0 Å². The third kappa shape index (κ3) is 4.82. The average molecular weight is 373 g/mol. The van der Waals surface area contributed by atoms with Gasteiger partial charge in [0, 0.05) is 23.6 Å². The minimum atomic E-state index is -0.267. The smallest absolute Gasteiger partial charge is 0.257 e. The van der Waals surface area contributed by atoms with Crippen LogP contribution in [0.1, 0.15) is 51.2 Å². The van der Waals surface area contributed by atoms with Crippen molar-refractivity contribution in [3.63, 3.8) is 0 Å². The lowest BCUT2D eigenvalue weighted by Crippen LogP contribution is -2.28. The highest BCUT2D eigenvalue weighted by Gasteiger charge is 2.15. The maximum absolute atomic E-state index is 12.7. The number of hydrogen-bond donors (Lipinski definition) is 2. The van der Waals surface area contributed by atoms with Crippen LogP contribution in [0.15, 0.2) is 73.1 Å². The first kappa shape index (κ1) is 19.3. The van der Waals surface area contributed by atoms with Crippen molar-refractivity contribution in [2.45, 2.75) is 26.3 Å². The van der Waals surface area contributed by atoms with Gasteiger partial charge < -0.3 is 10.6 Å². The molecule has 1 aromatic heterocycles. The third-order valence-corrected chi connectivity index (χ3v) is 4.50. The Morgan fingerprint density at radius 3 is 2.39 bits per heavy atom. The summed E-state index contributed by atoms with van der Waals surface area (Å²) in [6.45, 7) is 4.07. The Morgan fingerprint density at radius 1 is 0.964 bits per heavy atom. The number of hydrogen-bond acceptors (Lipinski definition) is 3. The zero-order valence-electron chi connectivity index (χ0n) is 16.0. The number of nitrogens with one attached hydrogen (secondary N) is 2. The van der Waals surface area contributed by atoms with Gasteiger partial charge in [-0.1, -0.05) is 42.8 Å². The highest BCUT2D eigenvalue weighted by molar-refractivity contribution is 6.04. The summed E-state index contributed by atoms with van der Waals surface area (Å²) in [6, 6.07) is 18.4. The Kier molecular flexibility index (Phi) is 6.17. The van der Waals surface area contributed by atoms with Crippen LogP contribution in [0.4, 0.5) is 5.69 Å². The normalized spacial score (nSPS) is 11.5. The molecule has 0 spiro atoms. The van der Waals surface area contributed by atoms with Gasteiger partial charge in [0.2, 0.25) is 0 Å². The van der Waals surface area contributed by atoms with E-state index < -0.39 is 0 Å². The van der Waals surface area contributed by atoms with Crippen LogP contribution in [-0.2, 0) is 0 Å². The molecule has 5 nitrogen and oxygen atoms in total. The zero-order chi connectivity index (χ0) is 19.9. The van der Waals surface area contributed by atoms with E-state index in [9.17, 15) is 9.59 Å². The van der Waals surface area contributed by atoms with Gasteiger partial charge in [-0.25, -0.2) is 0 Å². The maximum Gasteiger partial charge on any atom is 0.257 e. The summed E-state index contributed by atoms with van der Waals surface area (Å²) in [5.74, 6) is -0.443. The van der Waals surface area contributed by atoms with E-state index in [-0.39, 0.29) is 17.9 Å². The third-order valence-electron chi connectivity index (χ3n) is 4.50. The van der Waals surface area contributed by atoms with E-state index in [0.29, 0.717) is 16.8 Å². The van der Waals surface area contributed by atoms with Crippen molar-refractivity contribution in [3.8, 4) is 0 Å². The summed E-state index contributed by atoms with van der Waals surface area (Å²) in [6.07, 6.45) is 3.89. The molecule has 2 N–H and O–H groups in total. The van der Waals surface area contributed by atoms with Crippen molar-refractivity contribution < 1.29 is 9.59 Å². The Labute approximate surface area is 164 Å². The number of carbonyl (C=O) groups is 2. The highest BCUT2D eigenvalue weighted by atomic mass is 16.2. The van der Waals surface area contributed by atoms with Crippen LogP contribution in [0.25, 0.3) is 0 Å². The molecule has 5 heteroatoms. The first-order chi connectivity index (χ1) is 13.6. The largest absolute Gasteiger partial charge is 0.345 e. The minimum absolute atomic E-state index is 0.0678. The molecule has 0 saturated heterocycles. The van der Waals surface area contributed by atoms with Crippen molar-refractivity contribution in [2.24, 2.45) is 0 Å². The molecule has 0 saturated carbocycles. The summed E-state index contributed by atoms with van der Waals surface area (Å²) in [4.78, 5) is 29.0. The monoisotopic (exact) mass is 373 g/mol. The molecule has 2 aromatic carbocycles. The van der Waals surface area contributed by atoms with Crippen LogP contribution in [0.3, 0.4) is 0 Å². The molecule has 0 bridgehead atoms. The Bertz CT molecular complexity index is 953. The number of carbonyl (C=O) groups excluding carboxylic acids is 2. The molecular formula is C23H23N3O2.